The molecule has 2 heterocycles. The Kier molecular flexibility index (Phi) is 4.38. The van der Waals surface area contributed by atoms with Crippen LogP contribution in [0.4, 0.5) is 0 Å². The number of amides is 2. The standard InChI is InChI=1S/C18H21N3O3/c1-11-15(10-13-9-14(24-2)3-4-16(13)20-11)18(23)21-7-5-12(6-8-21)17(19)22/h3-4,9-10,12H,5-8H2,1-2H3,(H2,19,22). The largest absolute Gasteiger partial charge is 0.497 e. The van der Waals surface area contributed by atoms with Gasteiger partial charge in [0.1, 0.15) is 5.75 Å². The van der Waals surface area contributed by atoms with Crippen molar-refractivity contribution in [3.8, 4) is 5.75 Å². The van der Waals surface area contributed by atoms with Crippen LogP contribution in [0.15, 0.2) is 24.3 Å². The lowest BCUT2D eigenvalue weighted by Crippen LogP contribution is -2.42. The van der Waals surface area contributed by atoms with Gasteiger partial charge in [0.2, 0.25) is 5.91 Å². The number of carbonyl (C=O) groups is 2. The number of nitrogens with zero attached hydrogens (tertiary/aromatic N) is 2. The summed E-state index contributed by atoms with van der Waals surface area (Å²) >= 11 is 0. The number of aryl methyl sites for hydroxylation is 1. The van der Waals surface area contributed by atoms with Crippen molar-refractivity contribution in [2.75, 3.05) is 20.2 Å². The minimum absolute atomic E-state index is 0.0485. The number of methoxy groups -OCH3 is 1. The summed E-state index contributed by atoms with van der Waals surface area (Å²) in [7, 11) is 1.61. The van der Waals surface area contributed by atoms with Crippen LogP contribution in [-0.4, -0.2) is 41.9 Å². The summed E-state index contributed by atoms with van der Waals surface area (Å²) in [4.78, 5) is 30.4. The molecule has 1 aromatic carbocycles. The Morgan fingerprint density at radius 3 is 2.58 bits per heavy atom. The number of rotatable bonds is 3. The van der Waals surface area contributed by atoms with Gasteiger partial charge in [0.15, 0.2) is 0 Å². The van der Waals surface area contributed by atoms with Crippen LogP contribution in [0.5, 0.6) is 5.75 Å². The Morgan fingerprint density at radius 2 is 1.96 bits per heavy atom. The Bertz CT molecular complexity index is 795. The third-order valence-electron chi connectivity index (χ3n) is 4.63. The predicted molar refractivity (Wildman–Crippen MR) is 90.9 cm³/mol. The molecule has 0 unspecified atom stereocenters. The molecule has 1 aliphatic heterocycles. The van der Waals surface area contributed by atoms with Gasteiger partial charge >= 0.3 is 0 Å². The van der Waals surface area contributed by atoms with Gasteiger partial charge in [-0.3, -0.25) is 14.6 Å². The maximum atomic E-state index is 12.8. The van der Waals surface area contributed by atoms with E-state index in [1.54, 1.807) is 12.0 Å². The number of carbonyl (C=O) groups excluding carboxylic acids is 2. The molecule has 2 aromatic rings. The summed E-state index contributed by atoms with van der Waals surface area (Å²) in [5.41, 5.74) is 7.47. The van der Waals surface area contributed by atoms with Gasteiger partial charge in [-0.05, 0) is 44.0 Å². The van der Waals surface area contributed by atoms with Gasteiger partial charge in [-0.1, -0.05) is 0 Å². The number of benzene rings is 1. The van der Waals surface area contributed by atoms with Crippen LogP contribution < -0.4 is 10.5 Å². The van der Waals surface area contributed by atoms with Gasteiger partial charge in [-0.15, -0.1) is 0 Å². The van der Waals surface area contributed by atoms with Gasteiger partial charge in [0.05, 0.1) is 23.9 Å². The van der Waals surface area contributed by atoms with Gasteiger partial charge in [-0.2, -0.15) is 0 Å². The number of likely N-dealkylation sites (tertiary alicyclic amines) is 1. The second-order valence-corrected chi connectivity index (χ2v) is 6.15. The third kappa shape index (κ3) is 3.04. The number of nitrogens with two attached hydrogens (primary N) is 1. The van der Waals surface area contributed by atoms with E-state index in [1.807, 2.05) is 31.2 Å². The highest BCUT2D eigenvalue weighted by Crippen LogP contribution is 2.24. The van der Waals surface area contributed by atoms with Gasteiger partial charge in [0.25, 0.3) is 5.91 Å². The normalized spacial score (nSPS) is 15.5. The number of aromatic nitrogens is 1. The van der Waals surface area contributed by atoms with Crippen LogP contribution >= 0.6 is 0 Å². The quantitative estimate of drug-likeness (QED) is 0.933. The zero-order valence-electron chi connectivity index (χ0n) is 13.9. The first-order valence-electron chi connectivity index (χ1n) is 8.03. The van der Waals surface area contributed by atoms with E-state index < -0.39 is 0 Å². The molecule has 2 N–H and O–H groups in total. The van der Waals surface area contributed by atoms with Crippen molar-refractivity contribution in [3.63, 3.8) is 0 Å². The van der Waals surface area contributed by atoms with E-state index in [0.717, 1.165) is 16.7 Å². The van der Waals surface area contributed by atoms with Crippen molar-refractivity contribution < 1.29 is 14.3 Å². The first kappa shape index (κ1) is 16.2. The summed E-state index contributed by atoms with van der Waals surface area (Å²) in [6.45, 7) is 2.93. The minimum Gasteiger partial charge on any atom is -0.497 e. The maximum Gasteiger partial charge on any atom is 0.255 e. The van der Waals surface area contributed by atoms with E-state index in [4.69, 9.17) is 10.5 Å². The number of hydrogen-bond donors (Lipinski definition) is 1. The fraction of sp³-hybridized carbons (Fsp3) is 0.389. The molecule has 1 aliphatic rings. The fourth-order valence-electron chi connectivity index (χ4n) is 3.13. The highest BCUT2D eigenvalue weighted by Gasteiger charge is 2.27. The second-order valence-electron chi connectivity index (χ2n) is 6.15. The maximum absolute atomic E-state index is 12.8. The van der Waals surface area contributed by atoms with Gasteiger partial charge in [-0.25, -0.2) is 0 Å². The molecule has 0 atom stereocenters. The molecule has 24 heavy (non-hydrogen) atoms. The molecule has 1 saturated heterocycles. The number of piperidine rings is 1. The van der Waals surface area contributed by atoms with Crippen LogP contribution in [0.3, 0.4) is 0 Å². The fourth-order valence-corrected chi connectivity index (χ4v) is 3.13. The molecule has 3 rings (SSSR count). The predicted octanol–water partition coefficient (Wildman–Crippen LogP) is 1.89. The van der Waals surface area contributed by atoms with Crippen molar-refractivity contribution in [2.45, 2.75) is 19.8 Å². The minimum atomic E-state index is -0.280. The summed E-state index contributed by atoms with van der Waals surface area (Å²) in [5.74, 6) is 0.272. The summed E-state index contributed by atoms with van der Waals surface area (Å²) in [6, 6.07) is 7.47. The van der Waals surface area contributed by atoms with Crippen molar-refractivity contribution in [1.82, 2.24) is 9.88 Å². The average molecular weight is 327 g/mol. The molecule has 0 radical (unpaired) electrons. The number of primary amides is 1. The summed E-state index contributed by atoms with van der Waals surface area (Å²) in [5, 5.41) is 0.871. The van der Waals surface area contributed by atoms with E-state index in [-0.39, 0.29) is 17.7 Å². The van der Waals surface area contributed by atoms with Crippen LogP contribution in [0, 0.1) is 12.8 Å². The Morgan fingerprint density at radius 1 is 1.25 bits per heavy atom. The van der Waals surface area contributed by atoms with Gasteiger partial charge in [0, 0.05) is 24.4 Å². The summed E-state index contributed by atoms with van der Waals surface area (Å²) in [6.07, 6.45) is 1.24. The number of ether oxygens (including phenoxy) is 1. The molecule has 6 heteroatoms. The molecule has 0 spiro atoms. The Labute approximate surface area is 140 Å². The summed E-state index contributed by atoms with van der Waals surface area (Å²) < 4.78 is 5.24. The molecule has 0 saturated carbocycles. The molecule has 1 aromatic heterocycles. The first-order valence-corrected chi connectivity index (χ1v) is 8.03. The highest BCUT2D eigenvalue weighted by atomic mass is 16.5. The van der Waals surface area contributed by atoms with Crippen LogP contribution in [-0.2, 0) is 4.79 Å². The monoisotopic (exact) mass is 327 g/mol. The SMILES string of the molecule is COc1ccc2nc(C)c(C(=O)N3CCC(C(N)=O)CC3)cc2c1. The van der Waals surface area contributed by atoms with E-state index in [2.05, 4.69) is 4.98 Å². The van der Waals surface area contributed by atoms with E-state index >= 15 is 0 Å². The lowest BCUT2D eigenvalue weighted by atomic mass is 9.95. The molecule has 6 nitrogen and oxygen atoms in total. The topological polar surface area (TPSA) is 85.5 Å². The van der Waals surface area contributed by atoms with Crippen molar-refractivity contribution in [2.24, 2.45) is 11.7 Å². The lowest BCUT2D eigenvalue weighted by Gasteiger charge is -2.31. The lowest BCUT2D eigenvalue weighted by molar-refractivity contribution is -0.123. The van der Waals surface area contributed by atoms with Crippen LogP contribution in [0.1, 0.15) is 28.9 Å². The molecule has 0 aliphatic carbocycles. The number of pyridine rings is 1. The zero-order valence-corrected chi connectivity index (χ0v) is 13.9. The first-order chi connectivity index (χ1) is 11.5. The highest BCUT2D eigenvalue weighted by molar-refractivity contribution is 5.99. The zero-order chi connectivity index (χ0) is 17.3. The van der Waals surface area contributed by atoms with Gasteiger partial charge < -0.3 is 15.4 Å². The molecular weight excluding hydrogens is 306 g/mol. The molecular formula is C18H21N3O3. The molecule has 126 valence electrons. The van der Waals surface area contributed by atoms with Crippen molar-refractivity contribution in [3.05, 3.63) is 35.5 Å². The molecule has 1 fully saturated rings. The van der Waals surface area contributed by atoms with E-state index in [9.17, 15) is 9.59 Å². The number of fused-ring (bicyclic) bond motifs is 1. The van der Waals surface area contributed by atoms with Crippen LogP contribution in [0.2, 0.25) is 0 Å². The Hall–Kier alpha value is -2.63. The Balaban J connectivity index is 1.87. The molecule has 0 bridgehead atoms. The number of hydrogen-bond acceptors (Lipinski definition) is 4. The van der Waals surface area contributed by atoms with Crippen molar-refractivity contribution >= 4 is 22.7 Å². The van der Waals surface area contributed by atoms with E-state index in [0.29, 0.717) is 37.2 Å². The van der Waals surface area contributed by atoms with E-state index in [1.165, 1.54) is 0 Å². The smallest absolute Gasteiger partial charge is 0.255 e. The average Bonchev–Trinajstić information content (AvgIpc) is 2.60. The third-order valence-corrected chi connectivity index (χ3v) is 4.63. The van der Waals surface area contributed by atoms with Crippen LogP contribution in [0.25, 0.3) is 10.9 Å². The van der Waals surface area contributed by atoms with Crippen molar-refractivity contribution in [1.29, 1.82) is 0 Å². The second kappa shape index (κ2) is 6.47. The molecule has 2 amide bonds.